The van der Waals surface area contributed by atoms with Gasteiger partial charge in [0.15, 0.2) is 0 Å². The van der Waals surface area contributed by atoms with Gasteiger partial charge in [-0.3, -0.25) is 4.79 Å². The average Bonchev–Trinajstić information content (AvgIpc) is 3.01. The van der Waals surface area contributed by atoms with Crippen molar-refractivity contribution in [3.63, 3.8) is 0 Å². The molecule has 5 nitrogen and oxygen atoms in total. The predicted octanol–water partition coefficient (Wildman–Crippen LogP) is 1.26. The molecule has 2 aliphatic rings. The minimum absolute atomic E-state index is 0.0336. The molecule has 122 valence electrons. The van der Waals surface area contributed by atoms with Gasteiger partial charge in [0.2, 0.25) is 5.91 Å². The van der Waals surface area contributed by atoms with Crippen LogP contribution in [0.4, 0.5) is 0 Å². The van der Waals surface area contributed by atoms with E-state index in [0.717, 1.165) is 38.4 Å². The van der Waals surface area contributed by atoms with Crippen LogP contribution < -0.4 is 11.1 Å². The third-order valence-corrected chi connectivity index (χ3v) is 4.85. The first-order valence-corrected chi connectivity index (χ1v) is 8.54. The van der Waals surface area contributed by atoms with Crippen molar-refractivity contribution in [3.05, 3.63) is 0 Å². The number of carbonyl (C=O) groups excluding carboxylic acids is 1. The smallest absolute Gasteiger partial charge is 0.249 e. The van der Waals surface area contributed by atoms with Crippen molar-refractivity contribution in [2.75, 3.05) is 26.7 Å². The van der Waals surface area contributed by atoms with E-state index < -0.39 is 0 Å². The lowest BCUT2D eigenvalue weighted by Gasteiger charge is -2.31. The minimum atomic E-state index is -0.283. The molecule has 5 heteroatoms. The summed E-state index contributed by atoms with van der Waals surface area (Å²) < 4.78 is 5.60. The second kappa shape index (κ2) is 8.71. The zero-order chi connectivity index (χ0) is 15.1. The molecule has 2 rings (SSSR count). The molecule has 3 N–H and O–H groups in total. The van der Waals surface area contributed by atoms with Gasteiger partial charge in [-0.15, -0.1) is 0 Å². The fourth-order valence-electron chi connectivity index (χ4n) is 3.43. The van der Waals surface area contributed by atoms with Gasteiger partial charge in [-0.1, -0.05) is 19.3 Å². The topological polar surface area (TPSA) is 67.6 Å². The molecule has 0 unspecified atom stereocenters. The highest BCUT2D eigenvalue weighted by Crippen LogP contribution is 2.21. The first kappa shape index (κ1) is 16.7. The van der Waals surface area contributed by atoms with Crippen LogP contribution >= 0.6 is 0 Å². The van der Waals surface area contributed by atoms with E-state index in [-0.39, 0.29) is 18.1 Å². The third kappa shape index (κ3) is 5.24. The van der Waals surface area contributed by atoms with Gasteiger partial charge >= 0.3 is 0 Å². The number of nitrogens with one attached hydrogen (secondary N) is 1. The van der Waals surface area contributed by atoms with Crippen LogP contribution in [0.1, 0.15) is 51.4 Å². The van der Waals surface area contributed by atoms with Crippen molar-refractivity contribution in [2.24, 2.45) is 5.73 Å². The summed E-state index contributed by atoms with van der Waals surface area (Å²) in [6.07, 6.45) is 9.29. The van der Waals surface area contributed by atoms with Crippen LogP contribution in [0.2, 0.25) is 0 Å². The number of amides is 1. The summed E-state index contributed by atoms with van der Waals surface area (Å²) in [4.78, 5) is 14.4. The summed E-state index contributed by atoms with van der Waals surface area (Å²) in [5.74, 6) is 0.0336. The molecule has 0 radical (unpaired) electrons. The summed E-state index contributed by atoms with van der Waals surface area (Å²) in [5, 5.41) is 3.00. The molecular weight excluding hydrogens is 266 g/mol. The maximum absolute atomic E-state index is 12.0. The Bertz CT molecular complexity index is 319. The van der Waals surface area contributed by atoms with Crippen molar-refractivity contribution >= 4 is 5.91 Å². The van der Waals surface area contributed by atoms with Crippen molar-refractivity contribution in [3.8, 4) is 0 Å². The van der Waals surface area contributed by atoms with Crippen molar-refractivity contribution in [1.82, 2.24) is 10.2 Å². The molecule has 0 aromatic carbocycles. The SMILES string of the molecule is CN(CCCNC(=O)[C@@H]1CC[C@H](CN)O1)C1CCCCC1. The predicted molar refractivity (Wildman–Crippen MR) is 84.1 cm³/mol. The second-order valence-corrected chi connectivity index (χ2v) is 6.48. The summed E-state index contributed by atoms with van der Waals surface area (Å²) in [7, 11) is 2.21. The molecule has 1 heterocycles. The first-order chi connectivity index (χ1) is 10.2. The van der Waals surface area contributed by atoms with Crippen LogP contribution in [0.3, 0.4) is 0 Å². The molecule has 0 spiro atoms. The molecule has 1 saturated carbocycles. The van der Waals surface area contributed by atoms with Gasteiger partial charge < -0.3 is 20.7 Å². The van der Waals surface area contributed by atoms with E-state index in [1.54, 1.807) is 0 Å². The van der Waals surface area contributed by atoms with Gasteiger partial charge in [0.25, 0.3) is 0 Å². The Morgan fingerprint density at radius 3 is 2.67 bits per heavy atom. The maximum Gasteiger partial charge on any atom is 0.249 e. The van der Waals surface area contributed by atoms with E-state index in [1.165, 1.54) is 32.1 Å². The lowest BCUT2D eigenvalue weighted by Crippen LogP contribution is -2.38. The first-order valence-electron chi connectivity index (χ1n) is 8.54. The molecule has 1 aliphatic heterocycles. The number of nitrogens with two attached hydrogens (primary N) is 1. The standard InChI is InChI=1S/C16H31N3O2/c1-19(13-6-3-2-4-7-13)11-5-10-18-16(20)15-9-8-14(12-17)21-15/h13-15H,2-12,17H2,1H3,(H,18,20)/t14-,15+/m1/s1. The highest BCUT2D eigenvalue weighted by molar-refractivity contribution is 5.80. The van der Waals surface area contributed by atoms with E-state index in [0.29, 0.717) is 6.54 Å². The number of ether oxygens (including phenoxy) is 1. The zero-order valence-corrected chi connectivity index (χ0v) is 13.4. The number of rotatable bonds is 7. The van der Waals surface area contributed by atoms with Crippen LogP contribution in [-0.2, 0) is 9.53 Å². The van der Waals surface area contributed by atoms with Crippen LogP contribution in [0.15, 0.2) is 0 Å². The highest BCUT2D eigenvalue weighted by Gasteiger charge is 2.29. The van der Waals surface area contributed by atoms with Gasteiger partial charge in [0.1, 0.15) is 6.10 Å². The number of hydrogen-bond acceptors (Lipinski definition) is 4. The van der Waals surface area contributed by atoms with E-state index in [4.69, 9.17) is 10.5 Å². The van der Waals surface area contributed by atoms with Crippen molar-refractivity contribution in [1.29, 1.82) is 0 Å². The monoisotopic (exact) mass is 297 g/mol. The molecule has 1 amide bonds. The molecule has 1 saturated heterocycles. The van der Waals surface area contributed by atoms with E-state index in [1.807, 2.05) is 0 Å². The van der Waals surface area contributed by atoms with Crippen LogP contribution in [0, 0.1) is 0 Å². The Balaban J connectivity index is 1.55. The molecule has 21 heavy (non-hydrogen) atoms. The molecule has 2 fully saturated rings. The Labute approximate surface area is 128 Å². The van der Waals surface area contributed by atoms with Crippen LogP contribution in [-0.4, -0.2) is 55.7 Å². The number of hydrogen-bond donors (Lipinski definition) is 2. The van der Waals surface area contributed by atoms with E-state index in [2.05, 4.69) is 17.3 Å². The molecule has 2 atom stereocenters. The fraction of sp³-hybridized carbons (Fsp3) is 0.938. The largest absolute Gasteiger partial charge is 0.364 e. The quantitative estimate of drug-likeness (QED) is 0.694. The van der Waals surface area contributed by atoms with Gasteiger partial charge in [0.05, 0.1) is 6.10 Å². The Kier molecular flexibility index (Phi) is 6.93. The van der Waals surface area contributed by atoms with Gasteiger partial charge in [-0.25, -0.2) is 0 Å². The van der Waals surface area contributed by atoms with Crippen LogP contribution in [0.5, 0.6) is 0 Å². The lowest BCUT2D eigenvalue weighted by atomic mass is 9.94. The summed E-state index contributed by atoms with van der Waals surface area (Å²) in [5.41, 5.74) is 5.56. The Hall–Kier alpha value is -0.650. The molecular formula is C16H31N3O2. The van der Waals surface area contributed by atoms with Crippen molar-refractivity contribution < 1.29 is 9.53 Å². The average molecular weight is 297 g/mol. The third-order valence-electron chi connectivity index (χ3n) is 4.85. The lowest BCUT2D eigenvalue weighted by molar-refractivity contribution is -0.131. The summed E-state index contributed by atoms with van der Waals surface area (Å²) >= 11 is 0. The second-order valence-electron chi connectivity index (χ2n) is 6.48. The Morgan fingerprint density at radius 1 is 1.24 bits per heavy atom. The van der Waals surface area contributed by atoms with Crippen LogP contribution in [0.25, 0.3) is 0 Å². The highest BCUT2D eigenvalue weighted by atomic mass is 16.5. The molecule has 0 aromatic heterocycles. The molecule has 0 bridgehead atoms. The summed E-state index contributed by atoms with van der Waals surface area (Å²) in [6, 6.07) is 0.748. The van der Waals surface area contributed by atoms with Gasteiger partial charge in [-0.2, -0.15) is 0 Å². The molecule has 1 aliphatic carbocycles. The molecule has 0 aromatic rings. The normalized spacial score (nSPS) is 27.2. The van der Waals surface area contributed by atoms with E-state index in [9.17, 15) is 4.79 Å². The summed E-state index contributed by atoms with van der Waals surface area (Å²) in [6.45, 7) is 2.31. The fourth-order valence-corrected chi connectivity index (χ4v) is 3.43. The minimum Gasteiger partial charge on any atom is -0.364 e. The Morgan fingerprint density at radius 2 is 2.00 bits per heavy atom. The zero-order valence-electron chi connectivity index (χ0n) is 13.4. The van der Waals surface area contributed by atoms with Gasteiger partial charge in [0, 0.05) is 19.1 Å². The van der Waals surface area contributed by atoms with Crippen molar-refractivity contribution in [2.45, 2.75) is 69.6 Å². The number of nitrogens with zero attached hydrogens (tertiary/aromatic N) is 1. The van der Waals surface area contributed by atoms with E-state index >= 15 is 0 Å². The maximum atomic E-state index is 12.0. The number of carbonyl (C=O) groups is 1. The van der Waals surface area contributed by atoms with Gasteiger partial charge in [-0.05, 0) is 45.7 Å².